The van der Waals surface area contributed by atoms with Crippen molar-refractivity contribution in [3.05, 3.63) is 59.7 Å². The number of halogens is 4. The van der Waals surface area contributed by atoms with Crippen molar-refractivity contribution in [1.82, 2.24) is 0 Å². The highest BCUT2D eigenvalue weighted by Gasteiger charge is 2.19. The summed E-state index contributed by atoms with van der Waals surface area (Å²) in [4.78, 5) is 23.1. The van der Waals surface area contributed by atoms with Crippen LogP contribution < -0.4 is 10.6 Å². The normalized spacial score (nSPS) is 10.2. The molecule has 0 unspecified atom stereocenters. The van der Waals surface area contributed by atoms with Gasteiger partial charge < -0.3 is 10.6 Å². The van der Waals surface area contributed by atoms with Crippen molar-refractivity contribution in [1.29, 1.82) is 0 Å². The number of hydrogen-bond acceptors (Lipinski definition) is 2. The van der Waals surface area contributed by atoms with Gasteiger partial charge in [0.25, 0.3) is 0 Å². The fourth-order valence-corrected chi connectivity index (χ4v) is 1.56. The maximum atomic E-state index is 13.3. The predicted octanol–water partition coefficient (Wildman–Crippen LogP) is 2.82. The van der Waals surface area contributed by atoms with Crippen molar-refractivity contribution >= 4 is 23.2 Å². The van der Waals surface area contributed by atoms with Crippen molar-refractivity contribution in [2.24, 2.45) is 0 Å². The van der Waals surface area contributed by atoms with Crippen LogP contribution in [0.5, 0.6) is 0 Å². The molecule has 0 radical (unpaired) electrons. The molecule has 0 aromatic heterocycles. The quantitative estimate of drug-likeness (QED) is 0.662. The maximum absolute atomic E-state index is 13.3. The van der Waals surface area contributed by atoms with Crippen LogP contribution in [0, 0.1) is 23.3 Å². The Hall–Kier alpha value is -2.90. The molecule has 2 N–H and O–H groups in total. The largest absolute Gasteiger partial charge is 0.315 e. The van der Waals surface area contributed by atoms with Gasteiger partial charge in [-0.2, -0.15) is 0 Å². The molecule has 2 amide bonds. The van der Waals surface area contributed by atoms with Gasteiger partial charge in [-0.05, 0) is 24.3 Å². The molecule has 8 heteroatoms. The van der Waals surface area contributed by atoms with Crippen LogP contribution in [0.2, 0.25) is 0 Å². The molecule has 0 spiro atoms. The Kier molecular flexibility index (Phi) is 4.40. The highest BCUT2D eigenvalue weighted by atomic mass is 19.1. The van der Waals surface area contributed by atoms with E-state index in [1.54, 1.807) is 10.6 Å². The van der Waals surface area contributed by atoms with Crippen molar-refractivity contribution < 1.29 is 27.2 Å². The zero-order valence-corrected chi connectivity index (χ0v) is 10.8. The van der Waals surface area contributed by atoms with Crippen LogP contribution in [-0.2, 0) is 9.59 Å². The molecule has 0 aliphatic rings. The first-order valence-electron chi connectivity index (χ1n) is 5.90. The topological polar surface area (TPSA) is 58.2 Å². The minimum absolute atomic E-state index is 0.575. The second-order valence-corrected chi connectivity index (χ2v) is 4.13. The average Bonchev–Trinajstić information content (AvgIpc) is 2.46. The van der Waals surface area contributed by atoms with E-state index in [0.717, 1.165) is 30.3 Å². The molecular weight excluding hydrogens is 304 g/mol. The molecule has 0 saturated heterocycles. The molecule has 0 aliphatic heterocycles. The molecule has 0 saturated carbocycles. The van der Waals surface area contributed by atoms with Gasteiger partial charge >= 0.3 is 11.8 Å². The summed E-state index contributed by atoms with van der Waals surface area (Å²) in [5.74, 6) is -6.83. The highest BCUT2D eigenvalue weighted by Crippen LogP contribution is 2.18. The maximum Gasteiger partial charge on any atom is 0.314 e. The van der Waals surface area contributed by atoms with Gasteiger partial charge in [-0.1, -0.05) is 6.07 Å². The lowest BCUT2D eigenvalue weighted by molar-refractivity contribution is -0.133. The van der Waals surface area contributed by atoms with Crippen LogP contribution >= 0.6 is 0 Å². The third kappa shape index (κ3) is 3.40. The van der Waals surface area contributed by atoms with Gasteiger partial charge in [0.15, 0.2) is 0 Å². The Morgan fingerprint density at radius 1 is 0.773 bits per heavy atom. The Morgan fingerprint density at radius 2 is 1.36 bits per heavy atom. The van der Waals surface area contributed by atoms with E-state index in [1.807, 2.05) is 0 Å². The van der Waals surface area contributed by atoms with Gasteiger partial charge in [-0.3, -0.25) is 9.59 Å². The summed E-state index contributed by atoms with van der Waals surface area (Å²) >= 11 is 0. The minimum atomic E-state index is -1.44. The van der Waals surface area contributed by atoms with Gasteiger partial charge in [0, 0.05) is 6.07 Å². The number of rotatable bonds is 2. The van der Waals surface area contributed by atoms with Gasteiger partial charge in [-0.25, -0.2) is 17.6 Å². The fourth-order valence-electron chi connectivity index (χ4n) is 1.56. The smallest absolute Gasteiger partial charge is 0.314 e. The second kappa shape index (κ2) is 6.25. The number of carbonyl (C=O) groups is 2. The molecule has 2 rings (SSSR count). The van der Waals surface area contributed by atoms with Crippen LogP contribution in [0.25, 0.3) is 0 Å². The van der Waals surface area contributed by atoms with Gasteiger partial charge in [-0.15, -0.1) is 0 Å². The first kappa shape index (κ1) is 15.5. The van der Waals surface area contributed by atoms with Crippen molar-refractivity contribution in [2.45, 2.75) is 0 Å². The number of anilines is 2. The van der Waals surface area contributed by atoms with Crippen LogP contribution in [0.3, 0.4) is 0 Å². The molecule has 4 nitrogen and oxygen atoms in total. The second-order valence-electron chi connectivity index (χ2n) is 4.13. The van der Waals surface area contributed by atoms with Gasteiger partial charge in [0.05, 0.1) is 5.69 Å². The zero-order valence-electron chi connectivity index (χ0n) is 10.8. The zero-order chi connectivity index (χ0) is 16.3. The fraction of sp³-hybridized carbons (Fsp3) is 0. The Bertz CT molecular complexity index is 729. The summed E-state index contributed by atoms with van der Waals surface area (Å²) < 4.78 is 52.9. The van der Waals surface area contributed by atoms with E-state index in [4.69, 9.17) is 0 Å². The van der Waals surface area contributed by atoms with Crippen molar-refractivity contribution in [3.8, 4) is 0 Å². The summed E-state index contributed by atoms with van der Waals surface area (Å²) in [6, 6.07) is 5.05. The summed E-state index contributed by atoms with van der Waals surface area (Å²) in [5.41, 5.74) is -1.39. The van der Waals surface area contributed by atoms with Crippen LogP contribution in [0.4, 0.5) is 28.9 Å². The lowest BCUT2D eigenvalue weighted by atomic mass is 10.2. The number of hydrogen-bond donors (Lipinski definition) is 2. The predicted molar refractivity (Wildman–Crippen MR) is 70.0 cm³/mol. The molecule has 0 aliphatic carbocycles. The van der Waals surface area contributed by atoms with Crippen LogP contribution in [0.15, 0.2) is 36.4 Å². The Morgan fingerprint density at radius 3 is 2.00 bits per heavy atom. The van der Waals surface area contributed by atoms with E-state index >= 15 is 0 Å². The Labute approximate surface area is 121 Å². The number of carbonyl (C=O) groups excluding carboxylic acids is 2. The van der Waals surface area contributed by atoms with Crippen LogP contribution in [-0.4, -0.2) is 11.8 Å². The molecule has 114 valence electrons. The molecular formula is C14H8F4N2O2. The average molecular weight is 312 g/mol. The number of amides is 2. The van der Waals surface area contributed by atoms with E-state index < -0.39 is 46.5 Å². The van der Waals surface area contributed by atoms with Crippen molar-refractivity contribution in [2.75, 3.05) is 10.6 Å². The summed E-state index contributed by atoms with van der Waals surface area (Å²) in [5, 5.41) is 3.51. The van der Waals surface area contributed by atoms with E-state index in [1.165, 1.54) is 0 Å². The standard InChI is InChI=1S/C14H8F4N2O2/c15-7-4-5-8(16)11(6-7)19-13(21)14(22)20-12-9(17)2-1-3-10(12)18/h1-6H,(H,19,21)(H,20,22). The van der Waals surface area contributed by atoms with E-state index in [-0.39, 0.29) is 0 Å². The molecule has 0 fully saturated rings. The third-order valence-corrected chi connectivity index (χ3v) is 2.58. The summed E-state index contributed by atoms with van der Waals surface area (Å²) in [6.07, 6.45) is 0. The molecule has 2 aromatic rings. The summed E-state index contributed by atoms with van der Waals surface area (Å²) in [7, 11) is 0. The SMILES string of the molecule is O=C(Nc1cc(F)ccc1F)C(=O)Nc1c(F)cccc1F. The lowest BCUT2D eigenvalue weighted by Crippen LogP contribution is -2.30. The molecule has 22 heavy (non-hydrogen) atoms. The first-order chi connectivity index (χ1) is 10.4. The third-order valence-electron chi connectivity index (χ3n) is 2.58. The lowest BCUT2D eigenvalue weighted by Gasteiger charge is -2.08. The van der Waals surface area contributed by atoms with E-state index in [0.29, 0.717) is 6.07 Å². The number of benzene rings is 2. The summed E-state index contributed by atoms with van der Waals surface area (Å²) in [6.45, 7) is 0. The minimum Gasteiger partial charge on any atom is -0.315 e. The number of nitrogens with one attached hydrogen (secondary N) is 2. The molecule has 0 heterocycles. The Balaban J connectivity index is 2.13. The monoisotopic (exact) mass is 312 g/mol. The highest BCUT2D eigenvalue weighted by molar-refractivity contribution is 6.43. The van der Waals surface area contributed by atoms with Crippen LogP contribution in [0.1, 0.15) is 0 Å². The molecule has 0 bridgehead atoms. The van der Waals surface area contributed by atoms with Gasteiger partial charge in [0.2, 0.25) is 0 Å². The first-order valence-corrected chi connectivity index (χ1v) is 5.90. The molecule has 0 atom stereocenters. The number of para-hydroxylation sites is 1. The molecule has 2 aromatic carbocycles. The van der Waals surface area contributed by atoms with E-state index in [9.17, 15) is 27.2 Å². The van der Waals surface area contributed by atoms with Crippen molar-refractivity contribution in [3.63, 3.8) is 0 Å². The van der Waals surface area contributed by atoms with E-state index in [2.05, 4.69) is 0 Å². The van der Waals surface area contributed by atoms with Gasteiger partial charge in [0.1, 0.15) is 29.0 Å².